The predicted octanol–water partition coefficient (Wildman–Crippen LogP) is 3.59. The number of ether oxygens (including phenoxy) is 1. The normalized spacial score (nSPS) is 10.7. The largest absolute Gasteiger partial charge is 0.462 e. The minimum Gasteiger partial charge on any atom is -0.462 e. The van der Waals surface area contributed by atoms with Crippen molar-refractivity contribution in [2.24, 2.45) is 0 Å². The lowest BCUT2D eigenvalue weighted by atomic mass is 10.1. The third-order valence-corrected chi connectivity index (χ3v) is 4.89. The van der Waals surface area contributed by atoms with E-state index in [1.165, 1.54) is 11.0 Å². The van der Waals surface area contributed by atoms with Crippen molar-refractivity contribution in [3.05, 3.63) is 58.0 Å². The van der Waals surface area contributed by atoms with E-state index in [-0.39, 0.29) is 18.1 Å². The summed E-state index contributed by atoms with van der Waals surface area (Å²) in [6.07, 6.45) is 3.05. The summed E-state index contributed by atoms with van der Waals surface area (Å²) in [5.74, 6) is -1.19. The summed E-state index contributed by atoms with van der Waals surface area (Å²) < 4.78 is 5.09. The molecule has 1 aromatic heterocycles. The number of hydrogen-bond donors (Lipinski definition) is 1. The first kappa shape index (κ1) is 20.4. The number of hydrogen-bond acceptors (Lipinski definition) is 5. The summed E-state index contributed by atoms with van der Waals surface area (Å²) >= 11 is 1.07. The maximum absolute atomic E-state index is 12.4. The molecule has 1 aromatic carbocycles. The van der Waals surface area contributed by atoms with Gasteiger partial charge in [0, 0.05) is 20.2 Å². The number of carbonyl (C=O) groups is 3. The van der Waals surface area contributed by atoms with Crippen LogP contribution in [0.1, 0.15) is 38.1 Å². The van der Waals surface area contributed by atoms with Crippen LogP contribution >= 0.6 is 11.3 Å². The van der Waals surface area contributed by atoms with Crippen LogP contribution in [0, 0.1) is 6.92 Å². The number of thiophene rings is 1. The molecule has 0 radical (unpaired) electrons. The van der Waals surface area contributed by atoms with Crippen molar-refractivity contribution in [2.45, 2.75) is 13.8 Å². The molecule has 0 unspecified atom stereocenters. The van der Waals surface area contributed by atoms with E-state index in [0.717, 1.165) is 16.9 Å². The molecule has 0 aliphatic heterocycles. The fourth-order valence-electron chi connectivity index (χ4n) is 2.35. The highest BCUT2D eigenvalue weighted by atomic mass is 32.1. The van der Waals surface area contributed by atoms with E-state index in [4.69, 9.17) is 4.74 Å². The molecule has 0 aliphatic rings. The third-order valence-electron chi connectivity index (χ3n) is 3.69. The first-order valence-corrected chi connectivity index (χ1v) is 9.23. The molecule has 0 aliphatic carbocycles. The number of nitrogens with one attached hydrogen (secondary N) is 1. The number of carbonyl (C=O) groups excluding carboxylic acids is 3. The molecule has 142 valence electrons. The van der Waals surface area contributed by atoms with E-state index in [1.54, 1.807) is 34.0 Å². The van der Waals surface area contributed by atoms with Gasteiger partial charge in [-0.05, 0) is 31.1 Å². The van der Waals surface area contributed by atoms with Crippen molar-refractivity contribution < 1.29 is 19.1 Å². The minimum absolute atomic E-state index is 0.201. The van der Waals surface area contributed by atoms with Crippen LogP contribution in [0.2, 0.25) is 0 Å². The van der Waals surface area contributed by atoms with Crippen molar-refractivity contribution in [3.8, 4) is 0 Å². The first-order valence-electron chi connectivity index (χ1n) is 8.41. The van der Waals surface area contributed by atoms with E-state index < -0.39 is 11.9 Å². The van der Waals surface area contributed by atoms with E-state index in [1.807, 2.05) is 30.3 Å². The molecule has 2 aromatic rings. The molecule has 0 spiro atoms. The van der Waals surface area contributed by atoms with Gasteiger partial charge in [-0.1, -0.05) is 30.3 Å². The molecule has 6 nitrogen and oxygen atoms in total. The molecule has 27 heavy (non-hydrogen) atoms. The number of nitrogens with zero attached hydrogens (tertiary/aromatic N) is 1. The summed E-state index contributed by atoms with van der Waals surface area (Å²) in [5, 5.41) is 3.00. The average molecular weight is 386 g/mol. The Kier molecular flexibility index (Phi) is 6.90. The number of esters is 1. The molecule has 7 heteroatoms. The number of rotatable bonds is 6. The van der Waals surface area contributed by atoms with Gasteiger partial charge in [-0.25, -0.2) is 4.79 Å². The maximum Gasteiger partial charge on any atom is 0.341 e. The van der Waals surface area contributed by atoms with Crippen LogP contribution in [0.3, 0.4) is 0 Å². The minimum atomic E-state index is -0.564. The second-order valence-electron chi connectivity index (χ2n) is 5.91. The molecule has 2 amide bonds. The van der Waals surface area contributed by atoms with Gasteiger partial charge in [0.1, 0.15) is 5.00 Å². The molecular weight excluding hydrogens is 364 g/mol. The Hall–Kier alpha value is -2.93. The van der Waals surface area contributed by atoms with Crippen molar-refractivity contribution in [3.63, 3.8) is 0 Å². The zero-order chi connectivity index (χ0) is 20.0. The van der Waals surface area contributed by atoms with E-state index >= 15 is 0 Å². The number of amides is 2. The Morgan fingerprint density at radius 2 is 1.85 bits per heavy atom. The van der Waals surface area contributed by atoms with Crippen LogP contribution in [-0.4, -0.2) is 43.4 Å². The van der Waals surface area contributed by atoms with Gasteiger partial charge >= 0.3 is 5.97 Å². The van der Waals surface area contributed by atoms with Crippen molar-refractivity contribution in [1.82, 2.24) is 4.90 Å². The zero-order valence-electron chi connectivity index (χ0n) is 15.7. The van der Waals surface area contributed by atoms with Gasteiger partial charge in [0.25, 0.3) is 5.91 Å². The third kappa shape index (κ3) is 5.04. The Morgan fingerprint density at radius 3 is 2.44 bits per heavy atom. The van der Waals surface area contributed by atoms with Gasteiger partial charge < -0.3 is 15.0 Å². The molecule has 0 saturated carbocycles. The summed E-state index contributed by atoms with van der Waals surface area (Å²) in [7, 11) is 3.26. The topological polar surface area (TPSA) is 75.7 Å². The molecule has 1 N–H and O–H groups in total. The van der Waals surface area contributed by atoms with E-state index in [2.05, 4.69) is 5.32 Å². The Bertz CT molecular complexity index is 870. The average Bonchev–Trinajstić information content (AvgIpc) is 2.96. The Morgan fingerprint density at radius 1 is 1.19 bits per heavy atom. The summed E-state index contributed by atoms with van der Waals surface area (Å²) in [6.45, 7) is 3.58. The maximum atomic E-state index is 12.4. The lowest BCUT2D eigenvalue weighted by Gasteiger charge is -2.09. The standard InChI is InChI=1S/C20H22N2O4S/c1-5-26-20(25)16-13(2)17(19(24)22(3)4)27-18(16)21-15(23)12-11-14-9-7-6-8-10-14/h6-12H,5H2,1-4H3,(H,21,23). The molecule has 1 heterocycles. The second kappa shape index (κ2) is 9.14. The number of benzene rings is 1. The molecule has 0 fully saturated rings. The van der Waals surface area contributed by atoms with Gasteiger partial charge in [-0.2, -0.15) is 0 Å². The summed E-state index contributed by atoms with van der Waals surface area (Å²) in [5.41, 5.74) is 1.59. The molecule has 0 bridgehead atoms. The Balaban J connectivity index is 2.32. The van der Waals surface area contributed by atoms with Gasteiger partial charge in [-0.3, -0.25) is 9.59 Å². The summed E-state index contributed by atoms with van der Waals surface area (Å²) in [6, 6.07) is 9.38. The molecule has 0 saturated heterocycles. The van der Waals surface area contributed by atoms with Crippen LogP contribution in [0.25, 0.3) is 6.08 Å². The van der Waals surface area contributed by atoms with Crippen LogP contribution in [-0.2, 0) is 9.53 Å². The summed E-state index contributed by atoms with van der Waals surface area (Å²) in [4.78, 5) is 38.8. The lowest BCUT2D eigenvalue weighted by molar-refractivity contribution is -0.111. The van der Waals surface area contributed by atoms with Crippen molar-refractivity contribution >= 4 is 40.2 Å². The molecular formula is C20H22N2O4S. The SMILES string of the molecule is CCOC(=O)c1c(NC(=O)C=Cc2ccccc2)sc(C(=O)N(C)C)c1C. The number of anilines is 1. The lowest BCUT2D eigenvalue weighted by Crippen LogP contribution is -2.21. The quantitative estimate of drug-likeness (QED) is 0.608. The van der Waals surface area contributed by atoms with Crippen LogP contribution < -0.4 is 5.32 Å². The van der Waals surface area contributed by atoms with E-state index in [9.17, 15) is 14.4 Å². The smallest absolute Gasteiger partial charge is 0.341 e. The highest BCUT2D eigenvalue weighted by Crippen LogP contribution is 2.34. The Labute approximate surface area is 162 Å². The highest BCUT2D eigenvalue weighted by Gasteiger charge is 2.26. The highest BCUT2D eigenvalue weighted by molar-refractivity contribution is 7.18. The fraction of sp³-hybridized carbons (Fsp3) is 0.250. The van der Waals surface area contributed by atoms with Crippen LogP contribution in [0.5, 0.6) is 0 Å². The van der Waals surface area contributed by atoms with Crippen molar-refractivity contribution in [2.75, 3.05) is 26.0 Å². The second-order valence-corrected chi connectivity index (χ2v) is 6.93. The van der Waals surface area contributed by atoms with Gasteiger partial charge in [0.15, 0.2) is 0 Å². The molecule has 2 rings (SSSR count). The van der Waals surface area contributed by atoms with Gasteiger partial charge in [0.05, 0.1) is 17.0 Å². The molecule has 0 atom stereocenters. The monoisotopic (exact) mass is 386 g/mol. The fourth-order valence-corrected chi connectivity index (χ4v) is 3.57. The predicted molar refractivity (Wildman–Crippen MR) is 107 cm³/mol. The zero-order valence-corrected chi connectivity index (χ0v) is 16.6. The van der Waals surface area contributed by atoms with Crippen LogP contribution in [0.4, 0.5) is 5.00 Å². The van der Waals surface area contributed by atoms with E-state index in [0.29, 0.717) is 15.4 Å². The first-order chi connectivity index (χ1) is 12.8. The van der Waals surface area contributed by atoms with Gasteiger partial charge in [0.2, 0.25) is 5.91 Å². The van der Waals surface area contributed by atoms with Crippen molar-refractivity contribution in [1.29, 1.82) is 0 Å². The van der Waals surface area contributed by atoms with Gasteiger partial charge in [-0.15, -0.1) is 11.3 Å². The van der Waals surface area contributed by atoms with Crippen LogP contribution in [0.15, 0.2) is 36.4 Å².